The van der Waals surface area contributed by atoms with Crippen LogP contribution in [0.1, 0.15) is 13.8 Å². The van der Waals surface area contributed by atoms with Crippen LogP contribution in [-0.2, 0) is 0 Å². The van der Waals surface area contributed by atoms with Gasteiger partial charge in [0.25, 0.3) is 0 Å². The molecule has 0 fully saturated rings. The van der Waals surface area contributed by atoms with E-state index in [0.29, 0.717) is 23.4 Å². The molecule has 0 aromatic carbocycles. The third kappa shape index (κ3) is 2.50. The third-order valence-electron chi connectivity index (χ3n) is 1.54. The topological polar surface area (TPSA) is 60.2 Å². The van der Waals surface area contributed by atoms with E-state index in [9.17, 15) is 0 Å². The predicted octanol–water partition coefficient (Wildman–Crippen LogP) is 1.49. The van der Waals surface area contributed by atoms with Crippen LogP contribution in [0.4, 0.5) is 11.5 Å². The minimum atomic E-state index is 0.307. The van der Waals surface area contributed by atoms with Crippen molar-refractivity contribution in [3.63, 3.8) is 0 Å². The molecule has 72 valence electrons. The maximum atomic E-state index is 5.71. The highest BCUT2D eigenvalue weighted by molar-refractivity contribution is 5.62. The molecule has 0 saturated carbocycles. The van der Waals surface area contributed by atoms with Crippen molar-refractivity contribution >= 4 is 11.5 Å². The highest BCUT2D eigenvalue weighted by Gasteiger charge is 2.03. The van der Waals surface area contributed by atoms with Crippen molar-refractivity contribution in [2.45, 2.75) is 19.9 Å². The normalized spacial score (nSPS) is 10.2. The molecule has 0 unspecified atom stereocenters. The minimum absolute atomic E-state index is 0.307. The Bertz CT molecular complexity index is 286. The molecule has 0 spiro atoms. The Balaban J connectivity index is 2.90. The fraction of sp³-hybridized carbons (Fsp3) is 0.444. The monoisotopic (exact) mass is 181 g/mol. The lowest BCUT2D eigenvalue weighted by molar-refractivity contribution is 0.398. The number of nitrogens with zero attached hydrogens (tertiary/aromatic N) is 1. The Morgan fingerprint density at radius 2 is 2.15 bits per heavy atom. The predicted molar refractivity (Wildman–Crippen MR) is 54.0 cm³/mol. The summed E-state index contributed by atoms with van der Waals surface area (Å²) < 4.78 is 4.98. The Kier molecular flexibility index (Phi) is 2.95. The summed E-state index contributed by atoms with van der Waals surface area (Å²) in [7, 11) is 1.58. The van der Waals surface area contributed by atoms with Gasteiger partial charge in [0.1, 0.15) is 0 Å². The number of nitrogens with one attached hydrogen (secondary N) is 1. The molecule has 1 aromatic rings. The number of pyridine rings is 1. The summed E-state index contributed by atoms with van der Waals surface area (Å²) >= 11 is 0. The Labute approximate surface area is 78.1 Å². The summed E-state index contributed by atoms with van der Waals surface area (Å²) in [6.07, 6.45) is 0. The van der Waals surface area contributed by atoms with Crippen LogP contribution in [0.5, 0.6) is 5.88 Å². The molecule has 4 heteroatoms. The van der Waals surface area contributed by atoms with Gasteiger partial charge in [0.2, 0.25) is 5.88 Å². The summed E-state index contributed by atoms with van der Waals surface area (Å²) in [5.41, 5.74) is 6.35. The van der Waals surface area contributed by atoms with Crippen molar-refractivity contribution in [2.24, 2.45) is 0 Å². The first-order valence-electron chi connectivity index (χ1n) is 4.20. The van der Waals surface area contributed by atoms with E-state index in [-0.39, 0.29) is 0 Å². The van der Waals surface area contributed by atoms with Crippen LogP contribution in [0.3, 0.4) is 0 Å². The van der Waals surface area contributed by atoms with E-state index < -0.39 is 0 Å². The second kappa shape index (κ2) is 3.98. The van der Waals surface area contributed by atoms with Crippen LogP contribution in [0.25, 0.3) is 0 Å². The Morgan fingerprint density at radius 3 is 2.69 bits per heavy atom. The molecule has 0 radical (unpaired) electrons. The first kappa shape index (κ1) is 9.64. The number of nitrogens with two attached hydrogens (primary N) is 1. The lowest BCUT2D eigenvalue weighted by Crippen LogP contribution is -2.13. The molecule has 1 heterocycles. The first-order valence-corrected chi connectivity index (χ1v) is 4.20. The summed E-state index contributed by atoms with van der Waals surface area (Å²) in [4.78, 5) is 4.17. The van der Waals surface area contributed by atoms with Gasteiger partial charge in [-0.15, -0.1) is 0 Å². The third-order valence-corrected chi connectivity index (χ3v) is 1.54. The highest BCUT2D eigenvalue weighted by atomic mass is 16.5. The molecule has 0 aliphatic rings. The quantitative estimate of drug-likeness (QED) is 0.741. The molecule has 0 bridgehead atoms. The number of methoxy groups -OCH3 is 1. The fourth-order valence-corrected chi connectivity index (χ4v) is 0.955. The standard InChI is InChI=1S/C9H15N3O/c1-6(2)11-9-7(10)4-5-8(12-9)13-3/h4-6H,10H2,1-3H3,(H,11,12). The fourth-order valence-electron chi connectivity index (χ4n) is 0.955. The van der Waals surface area contributed by atoms with Crippen LogP contribution in [0, 0.1) is 0 Å². The zero-order chi connectivity index (χ0) is 9.84. The van der Waals surface area contributed by atoms with Gasteiger partial charge >= 0.3 is 0 Å². The second-order valence-electron chi connectivity index (χ2n) is 3.09. The lowest BCUT2D eigenvalue weighted by Gasteiger charge is -2.11. The van der Waals surface area contributed by atoms with E-state index in [2.05, 4.69) is 10.3 Å². The van der Waals surface area contributed by atoms with Crippen LogP contribution >= 0.6 is 0 Å². The van der Waals surface area contributed by atoms with E-state index in [4.69, 9.17) is 10.5 Å². The molecule has 0 saturated heterocycles. The number of hydrogen-bond donors (Lipinski definition) is 2. The Hall–Kier alpha value is -1.45. The zero-order valence-electron chi connectivity index (χ0n) is 8.16. The number of ether oxygens (including phenoxy) is 1. The smallest absolute Gasteiger partial charge is 0.215 e. The molecular formula is C9H15N3O. The van der Waals surface area contributed by atoms with Gasteiger partial charge in [0, 0.05) is 12.1 Å². The van der Waals surface area contributed by atoms with E-state index in [1.165, 1.54) is 0 Å². The van der Waals surface area contributed by atoms with Gasteiger partial charge in [-0.1, -0.05) is 0 Å². The maximum absolute atomic E-state index is 5.71. The Morgan fingerprint density at radius 1 is 1.46 bits per heavy atom. The molecule has 1 aromatic heterocycles. The molecular weight excluding hydrogens is 166 g/mol. The van der Waals surface area contributed by atoms with Gasteiger partial charge in [-0.2, -0.15) is 4.98 Å². The summed E-state index contributed by atoms with van der Waals surface area (Å²) in [6, 6.07) is 3.82. The minimum Gasteiger partial charge on any atom is -0.481 e. The number of aromatic nitrogens is 1. The highest BCUT2D eigenvalue weighted by Crippen LogP contribution is 2.19. The van der Waals surface area contributed by atoms with Gasteiger partial charge in [-0.25, -0.2) is 0 Å². The van der Waals surface area contributed by atoms with Crippen molar-refractivity contribution < 1.29 is 4.74 Å². The van der Waals surface area contributed by atoms with Gasteiger partial charge < -0.3 is 15.8 Å². The molecule has 0 amide bonds. The van der Waals surface area contributed by atoms with Crippen LogP contribution in [0.2, 0.25) is 0 Å². The van der Waals surface area contributed by atoms with Gasteiger partial charge in [0.05, 0.1) is 12.8 Å². The first-order chi connectivity index (χ1) is 6.13. The second-order valence-corrected chi connectivity index (χ2v) is 3.09. The number of rotatable bonds is 3. The van der Waals surface area contributed by atoms with E-state index in [1.54, 1.807) is 19.2 Å². The molecule has 4 nitrogen and oxygen atoms in total. The largest absolute Gasteiger partial charge is 0.481 e. The average molecular weight is 181 g/mol. The number of nitrogen functional groups attached to an aromatic ring is 1. The summed E-state index contributed by atoms with van der Waals surface area (Å²) in [5, 5.41) is 3.13. The van der Waals surface area contributed by atoms with E-state index >= 15 is 0 Å². The molecule has 0 aliphatic carbocycles. The SMILES string of the molecule is COc1ccc(N)c(NC(C)C)n1. The van der Waals surface area contributed by atoms with Crippen molar-refractivity contribution in [2.75, 3.05) is 18.2 Å². The molecule has 0 atom stereocenters. The summed E-state index contributed by atoms with van der Waals surface area (Å²) in [6.45, 7) is 4.06. The summed E-state index contributed by atoms with van der Waals surface area (Å²) in [5.74, 6) is 1.24. The van der Waals surface area contributed by atoms with Crippen LogP contribution in [0.15, 0.2) is 12.1 Å². The lowest BCUT2D eigenvalue weighted by atomic mass is 10.3. The molecule has 1 rings (SSSR count). The molecule has 0 aliphatic heterocycles. The van der Waals surface area contributed by atoms with Gasteiger partial charge in [-0.05, 0) is 19.9 Å². The van der Waals surface area contributed by atoms with Crippen molar-refractivity contribution in [3.05, 3.63) is 12.1 Å². The van der Waals surface area contributed by atoms with Gasteiger partial charge in [-0.3, -0.25) is 0 Å². The number of hydrogen-bond acceptors (Lipinski definition) is 4. The van der Waals surface area contributed by atoms with Crippen LogP contribution in [-0.4, -0.2) is 18.1 Å². The molecule has 13 heavy (non-hydrogen) atoms. The maximum Gasteiger partial charge on any atom is 0.215 e. The van der Waals surface area contributed by atoms with Crippen LogP contribution < -0.4 is 15.8 Å². The van der Waals surface area contributed by atoms with E-state index in [1.807, 2.05) is 13.8 Å². The van der Waals surface area contributed by atoms with E-state index in [0.717, 1.165) is 0 Å². The average Bonchev–Trinajstić information content (AvgIpc) is 2.08. The number of anilines is 2. The zero-order valence-corrected chi connectivity index (χ0v) is 8.16. The van der Waals surface area contributed by atoms with Gasteiger partial charge in [0.15, 0.2) is 5.82 Å². The molecule has 3 N–H and O–H groups in total. The van der Waals surface area contributed by atoms with Crippen molar-refractivity contribution in [1.82, 2.24) is 4.98 Å². The van der Waals surface area contributed by atoms with Crippen molar-refractivity contribution in [3.8, 4) is 5.88 Å². The van der Waals surface area contributed by atoms with Crippen molar-refractivity contribution in [1.29, 1.82) is 0 Å².